The number of carbonyl (C=O) groups is 1. The van der Waals surface area contributed by atoms with E-state index in [1.54, 1.807) is 19.2 Å². The number of aromatic nitrogens is 1. The van der Waals surface area contributed by atoms with Crippen LogP contribution in [0.25, 0.3) is 0 Å². The van der Waals surface area contributed by atoms with Crippen LogP contribution in [-0.4, -0.2) is 10.9 Å². The molecule has 2 aromatic rings. The van der Waals surface area contributed by atoms with Crippen molar-refractivity contribution in [3.05, 3.63) is 75.4 Å². The zero-order chi connectivity index (χ0) is 15.5. The first-order valence-corrected chi connectivity index (χ1v) is 7.05. The molecule has 0 unspecified atom stereocenters. The van der Waals surface area contributed by atoms with Crippen molar-refractivity contribution in [2.75, 3.05) is 0 Å². The second kappa shape index (κ2) is 5.89. The molecule has 0 fully saturated rings. The molecule has 1 amide bonds. The van der Waals surface area contributed by atoms with Gasteiger partial charge in [-0.25, -0.2) is 0 Å². The minimum atomic E-state index is -0.161. The van der Waals surface area contributed by atoms with Crippen LogP contribution in [0.5, 0.6) is 5.75 Å². The third kappa shape index (κ3) is 2.93. The Kier molecular flexibility index (Phi) is 3.78. The van der Waals surface area contributed by atoms with Crippen molar-refractivity contribution in [3.63, 3.8) is 0 Å². The van der Waals surface area contributed by atoms with Crippen LogP contribution < -0.4 is 15.6 Å². The van der Waals surface area contributed by atoms with Crippen molar-refractivity contribution in [2.24, 2.45) is 0 Å². The lowest BCUT2D eigenvalue weighted by atomic mass is 10.00. The summed E-state index contributed by atoms with van der Waals surface area (Å²) in [4.78, 5) is 25.9. The Labute approximate surface area is 127 Å². The second-order valence-electron chi connectivity index (χ2n) is 5.17. The van der Waals surface area contributed by atoms with Crippen LogP contribution in [0, 0.1) is 0 Å². The van der Waals surface area contributed by atoms with E-state index in [1.807, 2.05) is 24.3 Å². The van der Waals surface area contributed by atoms with Crippen LogP contribution >= 0.6 is 0 Å². The molecular formula is C17H16N2O3. The van der Waals surface area contributed by atoms with Crippen molar-refractivity contribution in [1.82, 2.24) is 10.3 Å². The molecule has 5 nitrogen and oxygen atoms in total. The highest BCUT2D eigenvalue weighted by Gasteiger charge is 2.21. The molecule has 2 N–H and O–H groups in total. The third-order valence-electron chi connectivity index (χ3n) is 3.60. The standard InChI is InChI=1S/C17H16N2O3/c1-11-14(8-13-4-2-3-5-15(13)22-11)17(21)19-10-12-6-7-16(20)18-9-12/h2-7,9H,8,10H2,1H3,(H,18,20)(H,19,21). The number of rotatable bonds is 3. The lowest BCUT2D eigenvalue weighted by molar-refractivity contribution is -0.118. The van der Waals surface area contributed by atoms with Crippen molar-refractivity contribution < 1.29 is 9.53 Å². The first-order chi connectivity index (χ1) is 10.6. The van der Waals surface area contributed by atoms with Crippen LogP contribution in [0.4, 0.5) is 0 Å². The molecule has 0 saturated heterocycles. The van der Waals surface area contributed by atoms with Gasteiger partial charge in [0, 0.05) is 25.2 Å². The molecule has 1 aliphatic heterocycles. The zero-order valence-corrected chi connectivity index (χ0v) is 12.2. The Bertz CT molecular complexity index is 785. The van der Waals surface area contributed by atoms with E-state index in [1.165, 1.54) is 6.07 Å². The SMILES string of the molecule is CC1=C(C(=O)NCc2ccc(=O)[nH]c2)Cc2ccccc2O1. The van der Waals surface area contributed by atoms with E-state index in [-0.39, 0.29) is 11.5 Å². The summed E-state index contributed by atoms with van der Waals surface area (Å²) in [7, 11) is 0. The summed E-state index contributed by atoms with van der Waals surface area (Å²) in [5.41, 5.74) is 2.31. The van der Waals surface area contributed by atoms with E-state index in [2.05, 4.69) is 10.3 Å². The number of para-hydroxylation sites is 1. The summed E-state index contributed by atoms with van der Waals surface area (Å²) < 4.78 is 5.70. The molecule has 1 aromatic carbocycles. The molecule has 112 valence electrons. The first-order valence-electron chi connectivity index (χ1n) is 7.05. The van der Waals surface area contributed by atoms with Crippen molar-refractivity contribution >= 4 is 5.91 Å². The fraction of sp³-hybridized carbons (Fsp3) is 0.176. The van der Waals surface area contributed by atoms with E-state index < -0.39 is 0 Å². The zero-order valence-electron chi connectivity index (χ0n) is 12.2. The normalized spacial score (nSPS) is 13.3. The van der Waals surface area contributed by atoms with Gasteiger partial charge in [0.2, 0.25) is 5.56 Å². The van der Waals surface area contributed by atoms with Gasteiger partial charge < -0.3 is 15.0 Å². The molecule has 22 heavy (non-hydrogen) atoms. The predicted octanol–water partition coefficient (Wildman–Crippen LogP) is 1.90. The highest BCUT2D eigenvalue weighted by atomic mass is 16.5. The fourth-order valence-electron chi connectivity index (χ4n) is 2.37. The molecule has 1 aliphatic rings. The van der Waals surface area contributed by atoms with E-state index in [4.69, 9.17) is 4.74 Å². The van der Waals surface area contributed by atoms with Gasteiger partial charge >= 0.3 is 0 Å². The summed E-state index contributed by atoms with van der Waals surface area (Å²) in [5, 5.41) is 2.85. The maximum Gasteiger partial charge on any atom is 0.251 e. The highest BCUT2D eigenvalue weighted by molar-refractivity contribution is 5.94. The molecular weight excluding hydrogens is 280 g/mol. The number of aromatic amines is 1. The van der Waals surface area contributed by atoms with Crippen molar-refractivity contribution in [2.45, 2.75) is 19.9 Å². The molecule has 0 aliphatic carbocycles. The molecule has 0 spiro atoms. The molecule has 0 radical (unpaired) electrons. The Balaban J connectivity index is 1.70. The van der Waals surface area contributed by atoms with Gasteiger partial charge in [-0.3, -0.25) is 9.59 Å². The quantitative estimate of drug-likeness (QED) is 0.908. The number of amides is 1. The number of allylic oxidation sites excluding steroid dienone is 1. The summed E-state index contributed by atoms with van der Waals surface area (Å²) >= 11 is 0. The Morgan fingerprint density at radius 2 is 2.09 bits per heavy atom. The number of hydrogen-bond donors (Lipinski definition) is 2. The summed E-state index contributed by atoms with van der Waals surface area (Å²) in [6.07, 6.45) is 2.15. The predicted molar refractivity (Wildman–Crippen MR) is 82.4 cm³/mol. The smallest absolute Gasteiger partial charge is 0.251 e. The third-order valence-corrected chi connectivity index (χ3v) is 3.60. The first kappa shape index (κ1) is 14.1. The second-order valence-corrected chi connectivity index (χ2v) is 5.17. The topological polar surface area (TPSA) is 71.2 Å². The van der Waals surface area contributed by atoms with Gasteiger partial charge in [0.05, 0.1) is 5.57 Å². The van der Waals surface area contributed by atoms with E-state index >= 15 is 0 Å². The summed E-state index contributed by atoms with van der Waals surface area (Å²) in [5.74, 6) is 1.27. The van der Waals surface area contributed by atoms with Gasteiger partial charge in [0.15, 0.2) is 0 Å². The largest absolute Gasteiger partial charge is 0.461 e. The van der Waals surface area contributed by atoms with Crippen LogP contribution in [0.3, 0.4) is 0 Å². The van der Waals surface area contributed by atoms with Crippen molar-refractivity contribution in [1.29, 1.82) is 0 Å². The number of H-pyrrole nitrogens is 1. The number of fused-ring (bicyclic) bond motifs is 1. The maximum absolute atomic E-state index is 12.3. The van der Waals surface area contributed by atoms with Gasteiger partial charge in [0.25, 0.3) is 5.91 Å². The summed E-state index contributed by atoms with van der Waals surface area (Å²) in [6.45, 7) is 2.15. The molecule has 2 heterocycles. The number of pyridine rings is 1. The van der Waals surface area contributed by atoms with Crippen LogP contribution in [0.2, 0.25) is 0 Å². The number of ether oxygens (including phenoxy) is 1. The van der Waals surface area contributed by atoms with Crippen molar-refractivity contribution in [3.8, 4) is 5.75 Å². The molecule has 5 heteroatoms. The van der Waals surface area contributed by atoms with E-state index in [9.17, 15) is 9.59 Å². The molecule has 0 atom stereocenters. The Morgan fingerprint density at radius 3 is 2.86 bits per heavy atom. The lowest BCUT2D eigenvalue weighted by Crippen LogP contribution is -2.28. The molecule has 0 saturated carbocycles. The minimum absolute atomic E-state index is 0.154. The number of hydrogen-bond acceptors (Lipinski definition) is 3. The molecule has 3 rings (SSSR count). The highest BCUT2D eigenvalue weighted by Crippen LogP contribution is 2.29. The van der Waals surface area contributed by atoms with E-state index in [0.29, 0.717) is 24.3 Å². The average molecular weight is 296 g/mol. The summed E-state index contributed by atoms with van der Waals surface area (Å²) in [6, 6.07) is 10.8. The maximum atomic E-state index is 12.3. The minimum Gasteiger partial charge on any atom is -0.461 e. The fourth-order valence-corrected chi connectivity index (χ4v) is 2.37. The number of nitrogens with one attached hydrogen (secondary N) is 2. The molecule has 1 aromatic heterocycles. The average Bonchev–Trinajstić information content (AvgIpc) is 2.53. The van der Waals surface area contributed by atoms with Gasteiger partial charge in [-0.1, -0.05) is 24.3 Å². The van der Waals surface area contributed by atoms with Crippen LogP contribution in [0.1, 0.15) is 18.1 Å². The van der Waals surface area contributed by atoms with Gasteiger partial charge in [-0.05, 0) is 24.1 Å². The number of carbonyl (C=O) groups excluding carboxylic acids is 1. The Hall–Kier alpha value is -2.82. The van der Waals surface area contributed by atoms with E-state index in [0.717, 1.165) is 16.9 Å². The monoisotopic (exact) mass is 296 g/mol. The lowest BCUT2D eigenvalue weighted by Gasteiger charge is -2.21. The van der Waals surface area contributed by atoms with Crippen LogP contribution in [-0.2, 0) is 17.8 Å². The molecule has 0 bridgehead atoms. The van der Waals surface area contributed by atoms with Crippen LogP contribution in [0.15, 0.2) is 58.7 Å². The number of benzene rings is 1. The van der Waals surface area contributed by atoms with Gasteiger partial charge in [0.1, 0.15) is 11.5 Å². The van der Waals surface area contributed by atoms with Gasteiger partial charge in [-0.15, -0.1) is 0 Å². The van der Waals surface area contributed by atoms with Gasteiger partial charge in [-0.2, -0.15) is 0 Å². The Morgan fingerprint density at radius 1 is 1.27 bits per heavy atom.